The van der Waals surface area contributed by atoms with Gasteiger partial charge < -0.3 is 42.9 Å². The van der Waals surface area contributed by atoms with E-state index >= 15 is 0 Å². The van der Waals surface area contributed by atoms with Crippen molar-refractivity contribution in [3.8, 4) is 0 Å². The molecule has 4 aromatic carbocycles. The summed E-state index contributed by atoms with van der Waals surface area (Å²) >= 11 is 0. The van der Waals surface area contributed by atoms with E-state index in [1.807, 2.05) is 121 Å². The molecule has 310 valence electrons. The van der Waals surface area contributed by atoms with Crippen LogP contribution in [0.4, 0.5) is 0 Å². The summed E-state index contributed by atoms with van der Waals surface area (Å²) in [5.41, 5.74) is 15.8. The van der Waals surface area contributed by atoms with Gasteiger partial charge in [0.1, 0.15) is 24.3 Å². The number of aliphatic hydroxyl groups is 2. The van der Waals surface area contributed by atoms with E-state index in [0.29, 0.717) is 0 Å². The van der Waals surface area contributed by atoms with Crippen LogP contribution in [0.3, 0.4) is 0 Å². The maximum Gasteiger partial charge on any atom is 0.243 e. The predicted molar refractivity (Wildman–Crippen MR) is 226 cm³/mol. The van der Waals surface area contributed by atoms with Gasteiger partial charge in [-0.3, -0.25) is 19.2 Å². The summed E-state index contributed by atoms with van der Waals surface area (Å²) in [4.78, 5) is 54.6. The van der Waals surface area contributed by atoms with Crippen LogP contribution >= 0.6 is 0 Å². The molecule has 0 aliphatic carbocycles. The Bertz CT molecular complexity index is 1730. The minimum Gasteiger partial charge on any atom is -0.388 e. The topological polar surface area (TPSA) is 209 Å². The number of nitrogens with one attached hydrogen (secondary N) is 4. The smallest absolute Gasteiger partial charge is 0.243 e. The Kier molecular flexibility index (Phi) is 17.6. The van der Waals surface area contributed by atoms with E-state index in [4.69, 9.17) is 11.5 Å². The van der Waals surface area contributed by atoms with E-state index < -0.39 is 72.1 Å². The number of amides is 4. The summed E-state index contributed by atoms with van der Waals surface area (Å²) in [5.74, 6) is -2.86. The number of hydrogen-bond acceptors (Lipinski definition) is 8. The summed E-state index contributed by atoms with van der Waals surface area (Å²) in [6.07, 6.45) is -2.42. The van der Waals surface area contributed by atoms with Gasteiger partial charge in [0, 0.05) is 0 Å². The molecule has 0 saturated heterocycles. The maximum atomic E-state index is 14.0. The minimum atomic E-state index is -1.60. The van der Waals surface area contributed by atoms with Gasteiger partial charge in [-0.2, -0.15) is 0 Å². The van der Waals surface area contributed by atoms with E-state index in [9.17, 15) is 29.4 Å². The fourth-order valence-corrected chi connectivity index (χ4v) is 6.78. The molecule has 0 spiro atoms. The zero-order chi connectivity index (χ0) is 42.2. The van der Waals surface area contributed by atoms with Gasteiger partial charge in [0.15, 0.2) is 0 Å². The first-order valence-electron chi connectivity index (χ1n) is 20.0. The molecule has 12 nitrogen and oxygen atoms in total. The van der Waals surface area contributed by atoms with Crippen molar-refractivity contribution in [2.45, 2.75) is 102 Å². The number of aliphatic hydroxyl groups excluding tert-OH is 2. The third kappa shape index (κ3) is 13.9. The Morgan fingerprint density at radius 2 is 0.690 bits per heavy atom. The van der Waals surface area contributed by atoms with Crippen LogP contribution in [0.1, 0.15) is 49.9 Å². The first kappa shape index (κ1) is 45.3. The number of carbonyl (C=O) groups excluding carboxylic acids is 4. The summed E-state index contributed by atoms with van der Waals surface area (Å²) in [6, 6.07) is 31.0. The van der Waals surface area contributed by atoms with Gasteiger partial charge in [-0.1, -0.05) is 149 Å². The van der Waals surface area contributed by atoms with Crippen molar-refractivity contribution in [3.63, 3.8) is 0 Å². The molecule has 8 atom stereocenters. The first-order valence-corrected chi connectivity index (χ1v) is 20.0. The second kappa shape index (κ2) is 22.5. The molecule has 0 fully saturated rings. The average Bonchev–Trinajstić information content (AvgIpc) is 3.21. The van der Waals surface area contributed by atoms with Crippen LogP contribution in [-0.2, 0) is 44.9 Å². The predicted octanol–water partition coefficient (Wildman–Crippen LogP) is 2.58. The van der Waals surface area contributed by atoms with Crippen LogP contribution in [0, 0.1) is 11.8 Å². The van der Waals surface area contributed by atoms with Crippen LogP contribution in [0.2, 0.25) is 0 Å². The standard InChI is InChI=1S/C46H60N6O6/c1-29(2)39(51-43(55)35(47)25-31-17-9-5-10-18-31)45(57)49-37(27-33-21-13-7-14-22-33)41(53)42(54)38(28-34-23-15-8-16-24-34)50-46(58)40(30(3)4)52-44(56)36(48)26-32-19-11-6-12-20-32/h5-24,29-30,35-42,53-54H,25-28,47-48H2,1-4H3,(H,49,57)(H,50,58)(H,51,55)(H,52,56)/t35-,36-,37+,38+,39-,40-,41-,42-/m0/s1. The molecule has 12 heteroatoms. The van der Waals surface area contributed by atoms with Crippen molar-refractivity contribution in [1.29, 1.82) is 0 Å². The zero-order valence-electron chi connectivity index (χ0n) is 33.8. The molecule has 4 rings (SSSR count). The SMILES string of the molecule is CC(C)[C@H](NC(=O)[C@@H](N)Cc1ccccc1)C(=O)N[C@H](Cc1ccccc1)[C@H](O)[C@@H](O)[C@@H](Cc1ccccc1)NC(=O)[C@@H](NC(=O)[C@@H](N)Cc1ccccc1)C(C)C. The number of nitrogens with two attached hydrogens (primary N) is 2. The Labute approximate surface area is 342 Å². The maximum absolute atomic E-state index is 14.0. The molecule has 0 radical (unpaired) electrons. The molecular weight excluding hydrogens is 733 g/mol. The molecule has 0 saturated carbocycles. The Morgan fingerprint density at radius 1 is 0.431 bits per heavy atom. The lowest BCUT2D eigenvalue weighted by Gasteiger charge is -2.35. The van der Waals surface area contributed by atoms with Gasteiger partial charge in [-0.15, -0.1) is 0 Å². The first-order chi connectivity index (χ1) is 27.7. The minimum absolute atomic E-state index is 0.118. The molecule has 0 aliphatic heterocycles. The molecule has 0 heterocycles. The van der Waals surface area contributed by atoms with Gasteiger partial charge in [0.05, 0.1) is 24.2 Å². The van der Waals surface area contributed by atoms with Crippen molar-refractivity contribution >= 4 is 23.6 Å². The number of carbonyl (C=O) groups is 4. The van der Waals surface area contributed by atoms with Crippen LogP contribution in [0.15, 0.2) is 121 Å². The molecule has 0 aliphatic rings. The second-order valence-corrected chi connectivity index (χ2v) is 15.6. The van der Waals surface area contributed by atoms with Crippen molar-refractivity contribution in [2.24, 2.45) is 23.3 Å². The van der Waals surface area contributed by atoms with Gasteiger partial charge >= 0.3 is 0 Å². The van der Waals surface area contributed by atoms with Crippen molar-refractivity contribution < 1.29 is 29.4 Å². The highest BCUT2D eigenvalue weighted by atomic mass is 16.3. The third-order valence-corrected chi connectivity index (χ3v) is 10.2. The normalized spacial score (nSPS) is 15.6. The van der Waals surface area contributed by atoms with Gasteiger partial charge in [-0.25, -0.2) is 0 Å². The lowest BCUT2D eigenvalue weighted by molar-refractivity contribution is -0.133. The molecule has 58 heavy (non-hydrogen) atoms. The Morgan fingerprint density at radius 3 is 0.948 bits per heavy atom. The van der Waals surface area contributed by atoms with Crippen LogP contribution < -0.4 is 32.7 Å². The van der Waals surface area contributed by atoms with Crippen LogP contribution in [0.25, 0.3) is 0 Å². The number of hydrogen-bond donors (Lipinski definition) is 8. The lowest BCUT2D eigenvalue weighted by atomic mass is 9.90. The summed E-state index contributed by atoms with van der Waals surface area (Å²) < 4.78 is 0. The molecule has 0 aromatic heterocycles. The third-order valence-electron chi connectivity index (χ3n) is 10.2. The van der Waals surface area contributed by atoms with E-state index in [0.717, 1.165) is 22.3 Å². The van der Waals surface area contributed by atoms with E-state index in [2.05, 4.69) is 21.3 Å². The summed E-state index contributed by atoms with van der Waals surface area (Å²) in [5, 5.41) is 35.4. The van der Waals surface area contributed by atoms with Crippen molar-refractivity contribution in [3.05, 3.63) is 144 Å². The molecule has 4 aromatic rings. The van der Waals surface area contributed by atoms with E-state index in [1.54, 1.807) is 27.7 Å². The number of rotatable bonds is 21. The molecule has 4 amide bonds. The Balaban J connectivity index is 1.56. The van der Waals surface area contributed by atoms with Gasteiger partial charge in [-0.05, 0) is 59.8 Å². The average molecular weight is 793 g/mol. The fraction of sp³-hybridized carbons (Fsp3) is 0.391. The largest absolute Gasteiger partial charge is 0.388 e. The van der Waals surface area contributed by atoms with E-state index in [-0.39, 0.29) is 37.5 Å². The molecular formula is C46H60N6O6. The van der Waals surface area contributed by atoms with E-state index in [1.165, 1.54) is 0 Å². The van der Waals surface area contributed by atoms with Gasteiger partial charge in [0.25, 0.3) is 0 Å². The highest BCUT2D eigenvalue weighted by Gasteiger charge is 2.38. The Hall–Kier alpha value is -5.40. The quantitative estimate of drug-likeness (QED) is 0.0628. The second-order valence-electron chi connectivity index (χ2n) is 15.6. The van der Waals surface area contributed by atoms with Gasteiger partial charge in [0.2, 0.25) is 23.6 Å². The highest BCUT2D eigenvalue weighted by Crippen LogP contribution is 2.17. The summed E-state index contributed by atoms with van der Waals surface area (Å²) in [6.45, 7) is 7.15. The highest BCUT2D eigenvalue weighted by molar-refractivity contribution is 5.91. The van der Waals surface area contributed by atoms with Crippen LogP contribution in [-0.4, -0.2) is 82.3 Å². The fourth-order valence-electron chi connectivity index (χ4n) is 6.78. The summed E-state index contributed by atoms with van der Waals surface area (Å²) in [7, 11) is 0. The monoisotopic (exact) mass is 792 g/mol. The van der Waals surface area contributed by atoms with Crippen molar-refractivity contribution in [2.75, 3.05) is 0 Å². The van der Waals surface area contributed by atoms with Crippen molar-refractivity contribution in [1.82, 2.24) is 21.3 Å². The zero-order valence-corrected chi connectivity index (χ0v) is 33.8. The lowest BCUT2D eigenvalue weighted by Crippen LogP contribution is -2.62. The number of benzene rings is 4. The molecule has 0 bridgehead atoms. The van der Waals surface area contributed by atoms with Crippen LogP contribution in [0.5, 0.6) is 0 Å². The molecule has 0 unspecified atom stereocenters. The molecule has 10 N–H and O–H groups in total.